The van der Waals surface area contributed by atoms with Crippen molar-refractivity contribution < 1.29 is 13.2 Å². The number of fused-ring (bicyclic) bond motifs is 1. The zero-order valence-corrected chi connectivity index (χ0v) is 17.8. The lowest BCUT2D eigenvalue weighted by molar-refractivity contribution is 0.0939. The molecule has 1 amide bonds. The largest absolute Gasteiger partial charge is 0.350 e. The lowest BCUT2D eigenvalue weighted by Crippen LogP contribution is -2.33. The molecule has 4 N–H and O–H groups in total. The number of para-hydroxylation sites is 1. The van der Waals surface area contributed by atoms with Gasteiger partial charge in [0.05, 0.1) is 27.2 Å². The number of sulfonamides is 1. The number of anilines is 1. The van der Waals surface area contributed by atoms with Crippen LogP contribution >= 0.6 is 0 Å². The van der Waals surface area contributed by atoms with Crippen molar-refractivity contribution in [2.45, 2.75) is 50.5 Å². The van der Waals surface area contributed by atoms with E-state index in [-0.39, 0.29) is 28.1 Å². The number of nitrogens with one attached hydrogen (secondary N) is 4. The van der Waals surface area contributed by atoms with E-state index in [0.717, 1.165) is 25.7 Å². The van der Waals surface area contributed by atoms with Gasteiger partial charge >= 0.3 is 5.69 Å². The van der Waals surface area contributed by atoms with E-state index in [0.29, 0.717) is 11.0 Å². The molecule has 1 unspecified atom stereocenters. The molecule has 9 heteroatoms. The number of carbonyl (C=O) groups is 1. The first-order valence-electron chi connectivity index (χ1n) is 9.95. The molecule has 0 aliphatic rings. The van der Waals surface area contributed by atoms with Crippen molar-refractivity contribution in [1.29, 1.82) is 0 Å². The quantitative estimate of drug-likeness (QED) is 0.389. The Hall–Kier alpha value is -3.07. The molecule has 30 heavy (non-hydrogen) atoms. The molecule has 0 radical (unpaired) electrons. The van der Waals surface area contributed by atoms with Gasteiger partial charge in [0.2, 0.25) is 0 Å². The Balaban J connectivity index is 1.80. The van der Waals surface area contributed by atoms with Crippen LogP contribution < -0.4 is 15.7 Å². The molecule has 3 aromatic rings. The summed E-state index contributed by atoms with van der Waals surface area (Å²) in [6, 6.07) is 10.7. The molecule has 160 valence electrons. The van der Waals surface area contributed by atoms with Crippen molar-refractivity contribution in [3.05, 3.63) is 58.5 Å². The molecule has 0 aliphatic carbocycles. The number of amides is 1. The maximum absolute atomic E-state index is 12.9. The van der Waals surface area contributed by atoms with E-state index in [9.17, 15) is 18.0 Å². The monoisotopic (exact) mass is 430 g/mol. The smallest absolute Gasteiger partial charge is 0.323 e. The summed E-state index contributed by atoms with van der Waals surface area (Å²) in [5.74, 6) is -0.331. The van der Waals surface area contributed by atoms with Crippen molar-refractivity contribution in [2.75, 3.05) is 4.72 Å². The maximum Gasteiger partial charge on any atom is 0.323 e. The molecule has 1 aromatic heterocycles. The minimum atomic E-state index is -3.96. The fourth-order valence-electron chi connectivity index (χ4n) is 3.23. The number of H-pyrrole nitrogens is 2. The van der Waals surface area contributed by atoms with Gasteiger partial charge in [0.1, 0.15) is 0 Å². The number of hydrogen-bond donors (Lipinski definition) is 4. The predicted molar refractivity (Wildman–Crippen MR) is 117 cm³/mol. The normalized spacial score (nSPS) is 12.6. The van der Waals surface area contributed by atoms with Gasteiger partial charge in [-0.25, -0.2) is 13.2 Å². The average molecular weight is 431 g/mol. The molecular formula is C21H26N4O4S. The van der Waals surface area contributed by atoms with Crippen molar-refractivity contribution >= 4 is 32.7 Å². The van der Waals surface area contributed by atoms with Crippen molar-refractivity contribution in [2.24, 2.45) is 0 Å². The van der Waals surface area contributed by atoms with Crippen molar-refractivity contribution in [3.63, 3.8) is 0 Å². The number of hydrogen-bond acceptors (Lipinski definition) is 4. The standard InChI is InChI=1S/C21H26N4O4S/c1-3-4-5-8-14(2)22-20(26)16-9-6-7-10-17(16)25-30(28,29)15-11-12-18-19(13-15)24-21(27)23-18/h6-7,9-14,25H,3-5,8H2,1-2H3,(H,22,26)(H2,23,24,27). The maximum atomic E-state index is 12.9. The topological polar surface area (TPSA) is 124 Å². The Kier molecular flexibility index (Phi) is 6.61. The van der Waals surface area contributed by atoms with E-state index in [1.165, 1.54) is 18.2 Å². The van der Waals surface area contributed by atoms with Gasteiger partial charge in [-0.15, -0.1) is 0 Å². The van der Waals surface area contributed by atoms with Gasteiger partial charge in [-0.1, -0.05) is 38.3 Å². The molecule has 1 heterocycles. The van der Waals surface area contributed by atoms with E-state index in [2.05, 4.69) is 26.9 Å². The van der Waals surface area contributed by atoms with Crippen molar-refractivity contribution in [1.82, 2.24) is 15.3 Å². The fraction of sp³-hybridized carbons (Fsp3) is 0.333. The Morgan fingerprint density at radius 3 is 2.57 bits per heavy atom. The number of unbranched alkanes of at least 4 members (excludes halogenated alkanes) is 2. The SMILES string of the molecule is CCCCCC(C)NC(=O)c1ccccc1NS(=O)(=O)c1ccc2[nH]c(=O)[nH]c2c1. The van der Waals surface area contributed by atoms with Crippen LogP contribution in [0.2, 0.25) is 0 Å². The number of aromatic nitrogens is 2. The van der Waals surface area contributed by atoms with Crippen LogP contribution in [0.3, 0.4) is 0 Å². The molecule has 0 saturated heterocycles. The van der Waals surface area contributed by atoms with Gasteiger partial charge in [0.25, 0.3) is 15.9 Å². The first kappa shape index (κ1) is 21.6. The van der Waals surface area contributed by atoms with Crippen LogP contribution in [0.15, 0.2) is 52.2 Å². The van der Waals surface area contributed by atoms with E-state index in [4.69, 9.17) is 0 Å². The molecule has 0 aliphatic heterocycles. The third kappa shape index (κ3) is 5.10. The highest BCUT2D eigenvalue weighted by molar-refractivity contribution is 7.92. The highest BCUT2D eigenvalue weighted by atomic mass is 32.2. The second kappa shape index (κ2) is 9.17. The van der Waals surface area contributed by atoms with Crippen LogP contribution in [0.25, 0.3) is 11.0 Å². The van der Waals surface area contributed by atoms with Gasteiger partial charge in [-0.3, -0.25) is 9.52 Å². The zero-order valence-electron chi connectivity index (χ0n) is 17.0. The molecule has 2 aromatic carbocycles. The first-order chi connectivity index (χ1) is 14.3. The number of imidazole rings is 1. The summed E-state index contributed by atoms with van der Waals surface area (Å²) in [7, 11) is -3.96. The summed E-state index contributed by atoms with van der Waals surface area (Å²) in [4.78, 5) is 29.2. The van der Waals surface area contributed by atoms with E-state index in [1.54, 1.807) is 24.3 Å². The van der Waals surface area contributed by atoms with Crippen LogP contribution in [-0.2, 0) is 10.0 Å². The van der Waals surface area contributed by atoms with Crippen LogP contribution in [-0.4, -0.2) is 30.3 Å². The van der Waals surface area contributed by atoms with Gasteiger partial charge < -0.3 is 15.3 Å². The fourth-order valence-corrected chi connectivity index (χ4v) is 4.33. The Bertz CT molecular complexity index is 1200. The lowest BCUT2D eigenvalue weighted by atomic mass is 10.1. The first-order valence-corrected chi connectivity index (χ1v) is 11.4. The van der Waals surface area contributed by atoms with E-state index < -0.39 is 15.7 Å². The van der Waals surface area contributed by atoms with Crippen LogP contribution in [0.5, 0.6) is 0 Å². The lowest BCUT2D eigenvalue weighted by Gasteiger charge is -2.16. The van der Waals surface area contributed by atoms with Crippen LogP contribution in [0.4, 0.5) is 5.69 Å². The summed E-state index contributed by atoms with van der Waals surface area (Å²) >= 11 is 0. The summed E-state index contributed by atoms with van der Waals surface area (Å²) < 4.78 is 28.2. The molecule has 0 fully saturated rings. The Morgan fingerprint density at radius 1 is 1.07 bits per heavy atom. The highest BCUT2D eigenvalue weighted by Crippen LogP contribution is 2.22. The third-order valence-corrected chi connectivity index (χ3v) is 6.20. The summed E-state index contributed by atoms with van der Waals surface area (Å²) in [6.45, 7) is 4.06. The highest BCUT2D eigenvalue weighted by Gasteiger charge is 2.20. The predicted octanol–water partition coefficient (Wildman–Crippen LogP) is 3.36. The summed E-state index contributed by atoms with van der Waals surface area (Å²) in [5.41, 5.74) is 0.922. The average Bonchev–Trinajstić information content (AvgIpc) is 3.07. The number of carbonyl (C=O) groups excluding carboxylic acids is 1. The van der Waals surface area contributed by atoms with Crippen LogP contribution in [0.1, 0.15) is 49.9 Å². The van der Waals surface area contributed by atoms with Gasteiger partial charge in [-0.2, -0.15) is 0 Å². The van der Waals surface area contributed by atoms with Gasteiger partial charge in [0, 0.05) is 6.04 Å². The van der Waals surface area contributed by atoms with Crippen molar-refractivity contribution in [3.8, 4) is 0 Å². The molecule has 1 atom stereocenters. The second-order valence-electron chi connectivity index (χ2n) is 7.31. The van der Waals surface area contributed by atoms with E-state index >= 15 is 0 Å². The minimum absolute atomic E-state index is 0.0125. The van der Waals surface area contributed by atoms with Gasteiger partial charge in [-0.05, 0) is 43.7 Å². The molecular weight excluding hydrogens is 404 g/mol. The minimum Gasteiger partial charge on any atom is -0.350 e. The summed E-state index contributed by atoms with van der Waals surface area (Å²) in [5, 5.41) is 2.93. The van der Waals surface area contributed by atoms with Crippen LogP contribution in [0, 0.1) is 0 Å². The molecule has 8 nitrogen and oxygen atoms in total. The molecule has 0 saturated carbocycles. The third-order valence-electron chi connectivity index (χ3n) is 4.83. The van der Waals surface area contributed by atoms with Gasteiger partial charge in [0.15, 0.2) is 0 Å². The zero-order chi connectivity index (χ0) is 21.7. The Labute approximate surface area is 175 Å². The number of rotatable bonds is 9. The molecule has 0 bridgehead atoms. The molecule has 0 spiro atoms. The number of benzene rings is 2. The Morgan fingerprint density at radius 2 is 1.80 bits per heavy atom. The number of aromatic amines is 2. The molecule has 3 rings (SSSR count). The summed E-state index contributed by atoms with van der Waals surface area (Å²) in [6.07, 6.45) is 4.10. The second-order valence-corrected chi connectivity index (χ2v) is 8.99. The van der Waals surface area contributed by atoms with E-state index in [1.807, 2.05) is 6.92 Å².